The van der Waals surface area contributed by atoms with Gasteiger partial charge in [-0.25, -0.2) is 4.79 Å². The van der Waals surface area contributed by atoms with Crippen molar-refractivity contribution in [3.8, 4) is 12.3 Å². The third-order valence-electron chi connectivity index (χ3n) is 2.11. The Balaban J connectivity index is 2.75. The summed E-state index contributed by atoms with van der Waals surface area (Å²) in [5, 5.41) is 10.6. The van der Waals surface area contributed by atoms with Crippen LogP contribution < -0.4 is 5.76 Å². The summed E-state index contributed by atoms with van der Waals surface area (Å²) in [5.74, 6) is 1.67. The van der Waals surface area contributed by atoms with Crippen LogP contribution in [0.2, 0.25) is 0 Å². The van der Waals surface area contributed by atoms with Crippen molar-refractivity contribution in [3.05, 3.63) is 38.9 Å². The molecule has 0 saturated carbocycles. The number of nitro groups is 1. The zero-order chi connectivity index (χ0) is 11.7. The number of non-ortho nitro benzene ring substituents is 1. The van der Waals surface area contributed by atoms with Gasteiger partial charge < -0.3 is 4.42 Å². The summed E-state index contributed by atoms with van der Waals surface area (Å²) in [7, 11) is 0. The van der Waals surface area contributed by atoms with Gasteiger partial charge in [-0.2, -0.15) is 0 Å². The predicted octanol–water partition coefficient (Wildman–Crippen LogP) is 1.14. The number of aromatic nitrogens is 1. The fourth-order valence-corrected chi connectivity index (χ4v) is 1.41. The first-order chi connectivity index (χ1) is 7.63. The van der Waals surface area contributed by atoms with Crippen LogP contribution in [0.25, 0.3) is 11.1 Å². The molecule has 2 aromatic rings. The third kappa shape index (κ3) is 1.44. The number of fused-ring (bicyclic) bond motifs is 1. The molecule has 0 radical (unpaired) electrons. The molecular weight excluding hydrogens is 212 g/mol. The SMILES string of the molecule is C#CCn1c(=O)oc2ccc([N+](=O)[O-])cc21. The number of nitrogens with zero attached hydrogens (tertiary/aromatic N) is 2. The van der Waals surface area contributed by atoms with Crippen LogP contribution in [0.15, 0.2) is 27.4 Å². The lowest BCUT2D eigenvalue weighted by atomic mass is 10.3. The van der Waals surface area contributed by atoms with E-state index >= 15 is 0 Å². The van der Waals surface area contributed by atoms with Crippen LogP contribution in [-0.2, 0) is 6.54 Å². The number of nitro benzene ring substituents is 1. The molecule has 0 N–H and O–H groups in total. The molecule has 1 heterocycles. The maximum absolute atomic E-state index is 11.3. The molecule has 0 aliphatic rings. The van der Waals surface area contributed by atoms with E-state index in [1.54, 1.807) is 0 Å². The maximum Gasteiger partial charge on any atom is 0.420 e. The molecule has 0 aliphatic carbocycles. The standard InChI is InChI=1S/C10H6N2O4/c1-2-5-11-8-6-7(12(14)15)3-4-9(8)16-10(11)13/h1,3-4,6H,5H2. The van der Waals surface area contributed by atoms with Gasteiger partial charge in [0.2, 0.25) is 0 Å². The van der Waals surface area contributed by atoms with Gasteiger partial charge in [0.1, 0.15) is 0 Å². The minimum atomic E-state index is -0.617. The summed E-state index contributed by atoms with van der Waals surface area (Å²) in [6.07, 6.45) is 5.09. The molecule has 0 aliphatic heterocycles. The normalized spacial score (nSPS) is 10.2. The maximum atomic E-state index is 11.3. The second kappa shape index (κ2) is 3.55. The molecule has 0 saturated heterocycles. The van der Waals surface area contributed by atoms with Crippen LogP contribution in [0.4, 0.5) is 5.69 Å². The van der Waals surface area contributed by atoms with E-state index in [0.29, 0.717) is 5.52 Å². The van der Waals surface area contributed by atoms with E-state index in [-0.39, 0.29) is 17.8 Å². The second-order valence-electron chi connectivity index (χ2n) is 3.07. The first kappa shape index (κ1) is 9.98. The minimum absolute atomic E-state index is 0.0208. The predicted molar refractivity (Wildman–Crippen MR) is 56.0 cm³/mol. The Hall–Kier alpha value is -2.55. The van der Waals surface area contributed by atoms with Crippen molar-refractivity contribution in [2.75, 3.05) is 0 Å². The number of benzene rings is 1. The molecule has 0 fully saturated rings. The lowest BCUT2D eigenvalue weighted by Crippen LogP contribution is -2.12. The number of hydrogen-bond acceptors (Lipinski definition) is 4. The average Bonchev–Trinajstić information content (AvgIpc) is 2.55. The fourth-order valence-electron chi connectivity index (χ4n) is 1.41. The zero-order valence-electron chi connectivity index (χ0n) is 8.04. The first-order valence-electron chi connectivity index (χ1n) is 4.34. The molecule has 0 unspecified atom stereocenters. The lowest BCUT2D eigenvalue weighted by Gasteiger charge is -1.95. The van der Waals surface area contributed by atoms with Crippen molar-refractivity contribution in [1.82, 2.24) is 4.57 Å². The van der Waals surface area contributed by atoms with Gasteiger partial charge in [0.25, 0.3) is 5.69 Å². The molecule has 1 aromatic carbocycles. The zero-order valence-corrected chi connectivity index (χ0v) is 8.04. The van der Waals surface area contributed by atoms with Crippen LogP contribution in [-0.4, -0.2) is 9.49 Å². The Labute approximate surface area is 89.2 Å². The summed E-state index contributed by atoms with van der Waals surface area (Å²) >= 11 is 0. The molecule has 0 spiro atoms. The molecule has 6 heteroatoms. The van der Waals surface area contributed by atoms with Crippen LogP contribution in [0.5, 0.6) is 0 Å². The highest BCUT2D eigenvalue weighted by atomic mass is 16.6. The number of rotatable bonds is 2. The van der Waals surface area contributed by atoms with E-state index in [1.165, 1.54) is 22.8 Å². The van der Waals surface area contributed by atoms with Crippen LogP contribution in [0.3, 0.4) is 0 Å². The van der Waals surface area contributed by atoms with Gasteiger partial charge in [-0.1, -0.05) is 5.92 Å². The van der Waals surface area contributed by atoms with Crippen molar-refractivity contribution in [1.29, 1.82) is 0 Å². The van der Waals surface area contributed by atoms with Crippen molar-refractivity contribution in [3.63, 3.8) is 0 Å². The summed E-state index contributed by atoms with van der Waals surface area (Å²) in [6, 6.07) is 3.91. The molecule has 16 heavy (non-hydrogen) atoms. The van der Waals surface area contributed by atoms with Crippen molar-refractivity contribution in [2.45, 2.75) is 6.54 Å². The Kier molecular flexibility index (Phi) is 2.21. The van der Waals surface area contributed by atoms with Gasteiger partial charge in [-0.3, -0.25) is 14.7 Å². The van der Waals surface area contributed by atoms with Gasteiger partial charge in [0.05, 0.1) is 17.0 Å². The third-order valence-corrected chi connectivity index (χ3v) is 2.11. The van der Waals surface area contributed by atoms with Crippen molar-refractivity contribution >= 4 is 16.8 Å². The van der Waals surface area contributed by atoms with Gasteiger partial charge in [-0.05, 0) is 6.07 Å². The van der Waals surface area contributed by atoms with E-state index in [0.717, 1.165) is 0 Å². The number of oxazole rings is 1. The number of terminal acetylenes is 1. The summed E-state index contributed by atoms with van der Waals surface area (Å²) in [4.78, 5) is 21.4. The molecular formula is C10H6N2O4. The molecule has 2 rings (SSSR count). The van der Waals surface area contributed by atoms with Gasteiger partial charge in [0, 0.05) is 12.1 Å². The van der Waals surface area contributed by atoms with Crippen molar-refractivity contribution < 1.29 is 9.34 Å². The van der Waals surface area contributed by atoms with Crippen molar-refractivity contribution in [2.24, 2.45) is 0 Å². The Morgan fingerprint density at radius 1 is 1.56 bits per heavy atom. The highest BCUT2D eigenvalue weighted by Gasteiger charge is 2.13. The lowest BCUT2D eigenvalue weighted by molar-refractivity contribution is -0.384. The van der Waals surface area contributed by atoms with E-state index in [1.807, 2.05) is 0 Å². The monoisotopic (exact) mass is 218 g/mol. The van der Waals surface area contributed by atoms with Crippen LogP contribution in [0, 0.1) is 22.5 Å². The topological polar surface area (TPSA) is 78.3 Å². The molecule has 0 amide bonds. The number of hydrogen-bond donors (Lipinski definition) is 0. The Bertz CT molecular complexity index is 659. The largest absolute Gasteiger partial charge is 0.420 e. The van der Waals surface area contributed by atoms with E-state index < -0.39 is 10.7 Å². The average molecular weight is 218 g/mol. The first-order valence-corrected chi connectivity index (χ1v) is 4.34. The van der Waals surface area contributed by atoms with Gasteiger partial charge >= 0.3 is 5.76 Å². The smallest absolute Gasteiger partial charge is 0.408 e. The Morgan fingerprint density at radius 2 is 2.31 bits per heavy atom. The van der Waals surface area contributed by atoms with Gasteiger partial charge in [-0.15, -0.1) is 6.42 Å². The molecule has 6 nitrogen and oxygen atoms in total. The van der Waals surface area contributed by atoms with E-state index in [4.69, 9.17) is 10.8 Å². The van der Waals surface area contributed by atoms with E-state index in [2.05, 4.69) is 5.92 Å². The quantitative estimate of drug-likeness (QED) is 0.430. The fraction of sp³-hybridized carbons (Fsp3) is 0.100. The van der Waals surface area contributed by atoms with Crippen LogP contribution >= 0.6 is 0 Å². The molecule has 80 valence electrons. The van der Waals surface area contributed by atoms with Gasteiger partial charge in [0.15, 0.2) is 5.58 Å². The summed E-state index contributed by atoms with van der Waals surface area (Å²) in [5.41, 5.74) is 0.502. The molecule has 0 atom stereocenters. The Morgan fingerprint density at radius 3 is 2.94 bits per heavy atom. The second-order valence-corrected chi connectivity index (χ2v) is 3.07. The minimum Gasteiger partial charge on any atom is -0.408 e. The molecule has 1 aromatic heterocycles. The highest BCUT2D eigenvalue weighted by Crippen LogP contribution is 2.19. The molecule has 0 bridgehead atoms. The highest BCUT2D eigenvalue weighted by molar-refractivity contribution is 5.75. The van der Waals surface area contributed by atoms with E-state index in [9.17, 15) is 14.9 Å². The summed E-state index contributed by atoms with van der Waals surface area (Å²) < 4.78 is 6.04. The van der Waals surface area contributed by atoms with Crippen LogP contribution in [0.1, 0.15) is 0 Å². The summed E-state index contributed by atoms with van der Waals surface area (Å²) in [6.45, 7) is 0.0208.